The third-order valence-electron chi connectivity index (χ3n) is 9.69. The number of fused-ring (bicyclic) bond motifs is 4. The number of carbonyl (C=O) groups excluding carboxylic acids is 4. The van der Waals surface area contributed by atoms with Gasteiger partial charge in [0.25, 0.3) is 23.6 Å². The van der Waals surface area contributed by atoms with Crippen molar-refractivity contribution in [1.82, 2.24) is 44.9 Å². The highest BCUT2D eigenvalue weighted by molar-refractivity contribution is 7.23. The Hall–Kier alpha value is -8.13. The predicted octanol–water partition coefficient (Wildman–Crippen LogP) is 12.1. The first kappa shape index (κ1) is 49.8. The molecule has 0 saturated carbocycles. The molecule has 0 spiro atoms. The number of amides is 4. The smallest absolute Gasteiger partial charge is 0.313 e. The van der Waals surface area contributed by atoms with Crippen LogP contribution in [0.4, 0.5) is 20.5 Å². The number of aromatic nitrogens is 9. The van der Waals surface area contributed by atoms with Crippen LogP contribution in [0.5, 0.6) is 0 Å². The van der Waals surface area contributed by atoms with Crippen LogP contribution in [0.2, 0.25) is 0 Å². The van der Waals surface area contributed by atoms with Gasteiger partial charge in [-0.05, 0) is 92.5 Å². The van der Waals surface area contributed by atoms with Crippen molar-refractivity contribution in [2.24, 2.45) is 0 Å². The van der Waals surface area contributed by atoms with E-state index < -0.39 is 5.91 Å². The third kappa shape index (κ3) is 13.1. The second kappa shape index (κ2) is 23.0. The van der Waals surface area contributed by atoms with E-state index in [0.717, 1.165) is 58.0 Å². The number of nitrogens with zero attached hydrogens (tertiary/aromatic N) is 9. The Morgan fingerprint density at radius 2 is 1.03 bits per heavy atom. The standard InChI is InChI=1S/C14H11N3OS.2C12H9N3OS2.C11H8N4O2S/c1-9-7-12-11(8-15-9)16-14(19-12)17-13(18)10-5-3-2-4-6-10;1-7-4-10-9(5-13-7)14-12(18-10)15-11(16)8-2-3-17-6-8;1-7-5-9-10(13-6-7)14-12(18-9)15-11(16)8-3-2-4-17-8;1-6-4-8-7(5-13-6)14-11(18-8)15-9(16)10-12-2-3-17-10/h2-8H,1H3,(H,16,17,18);2-6H,1H3,(H,14,15,16);2-6H,1H3,(H,13,14,15,16);2-5H,1H3,(H,14,15,16). The molecule has 0 aliphatic rings. The number of oxazole rings is 1. The molecule has 0 radical (unpaired) electrons. The molecule has 0 bridgehead atoms. The summed E-state index contributed by atoms with van der Waals surface area (Å²) in [5, 5.41) is 18.9. The van der Waals surface area contributed by atoms with Crippen LogP contribution in [0.25, 0.3) is 41.0 Å². The summed E-state index contributed by atoms with van der Waals surface area (Å²) in [4.78, 5) is 85.8. The predicted molar refractivity (Wildman–Crippen MR) is 292 cm³/mol. The number of rotatable bonds is 8. The Labute approximate surface area is 438 Å². The topological polar surface area (TPSA) is 246 Å². The number of benzene rings is 1. The van der Waals surface area contributed by atoms with Crippen LogP contribution in [-0.2, 0) is 0 Å². The van der Waals surface area contributed by atoms with Crippen LogP contribution in [0.15, 0.2) is 131 Å². The number of hydrogen-bond acceptors (Lipinski definition) is 20. The third-order valence-corrected chi connectivity index (χ3v) is 15.0. The van der Waals surface area contributed by atoms with Crippen LogP contribution < -0.4 is 21.3 Å². The normalized spacial score (nSPS) is 10.7. The van der Waals surface area contributed by atoms with Gasteiger partial charge in [0.2, 0.25) is 0 Å². The Kier molecular flexibility index (Phi) is 15.7. The molecule has 0 atom stereocenters. The van der Waals surface area contributed by atoms with Crippen molar-refractivity contribution in [1.29, 1.82) is 0 Å². The minimum atomic E-state index is -0.413. The summed E-state index contributed by atoms with van der Waals surface area (Å²) in [6.45, 7) is 7.75. The van der Waals surface area contributed by atoms with Gasteiger partial charge in [-0.15, -0.1) is 11.3 Å². The van der Waals surface area contributed by atoms with E-state index in [0.29, 0.717) is 42.2 Å². The molecule has 73 heavy (non-hydrogen) atoms. The van der Waals surface area contributed by atoms with E-state index in [1.807, 2.05) is 92.4 Å². The van der Waals surface area contributed by atoms with Gasteiger partial charge in [0.1, 0.15) is 22.8 Å². The maximum absolute atomic E-state index is 12.0. The van der Waals surface area contributed by atoms with Crippen LogP contribution in [0.1, 0.15) is 63.7 Å². The van der Waals surface area contributed by atoms with Gasteiger partial charge < -0.3 is 4.42 Å². The average molecular weight is 1080 g/mol. The Morgan fingerprint density at radius 3 is 1.55 bits per heavy atom. The lowest BCUT2D eigenvalue weighted by Crippen LogP contribution is -2.11. The van der Waals surface area contributed by atoms with E-state index in [9.17, 15) is 19.2 Å². The molecule has 0 aliphatic carbocycles. The molecule has 11 heterocycles. The molecule has 12 rings (SSSR count). The molecule has 24 heteroatoms. The van der Waals surface area contributed by atoms with Crippen molar-refractivity contribution in [2.45, 2.75) is 27.7 Å². The molecular formula is C49H37N13O5S6. The second-order valence-corrected chi connectivity index (χ2v) is 21.2. The molecule has 0 unspecified atom stereocenters. The number of thiazole rings is 4. The molecular weight excluding hydrogens is 1040 g/mol. The highest BCUT2D eigenvalue weighted by atomic mass is 32.1. The molecule has 0 aliphatic heterocycles. The summed E-state index contributed by atoms with van der Waals surface area (Å²) in [5.41, 5.74) is 8.22. The fourth-order valence-corrected chi connectivity index (χ4v) is 11.3. The first-order valence-corrected chi connectivity index (χ1v) is 26.7. The van der Waals surface area contributed by atoms with E-state index >= 15 is 0 Å². The summed E-state index contributed by atoms with van der Waals surface area (Å²) in [6.07, 6.45) is 9.66. The maximum atomic E-state index is 12.0. The SMILES string of the molecule is Cc1cc2sc(NC(=O)c3ccccc3)nc2cn1.Cc1cc2sc(NC(=O)c3ccsc3)nc2cn1.Cc1cc2sc(NC(=O)c3ncco3)nc2cn1.Cc1cnc2nc(NC(=O)c3cccs3)sc2c1. The van der Waals surface area contributed by atoms with Gasteiger partial charge >= 0.3 is 5.91 Å². The molecule has 18 nitrogen and oxygen atoms in total. The zero-order valence-electron chi connectivity index (χ0n) is 38.6. The fourth-order valence-electron chi connectivity index (χ4n) is 6.29. The van der Waals surface area contributed by atoms with E-state index in [4.69, 9.17) is 4.42 Å². The van der Waals surface area contributed by atoms with Gasteiger partial charge in [0.05, 0.1) is 54.0 Å². The zero-order chi connectivity index (χ0) is 50.8. The summed E-state index contributed by atoms with van der Waals surface area (Å²) in [5.74, 6) is -0.794. The summed E-state index contributed by atoms with van der Waals surface area (Å²) in [7, 11) is 0. The van der Waals surface area contributed by atoms with Gasteiger partial charge in [-0.3, -0.25) is 55.4 Å². The molecule has 12 aromatic rings. The summed E-state index contributed by atoms with van der Waals surface area (Å²) in [6, 6.07) is 22.4. The van der Waals surface area contributed by atoms with E-state index in [1.54, 1.807) is 49.1 Å². The van der Waals surface area contributed by atoms with Crippen LogP contribution in [0.3, 0.4) is 0 Å². The monoisotopic (exact) mass is 1080 g/mol. The van der Waals surface area contributed by atoms with Crippen molar-refractivity contribution in [3.63, 3.8) is 0 Å². The number of aryl methyl sites for hydroxylation is 4. The lowest BCUT2D eigenvalue weighted by Gasteiger charge is -2.00. The Bertz CT molecular complexity index is 3560. The van der Waals surface area contributed by atoms with Crippen molar-refractivity contribution >= 4 is 153 Å². The van der Waals surface area contributed by atoms with Gasteiger partial charge in [-0.2, -0.15) is 16.3 Å². The van der Waals surface area contributed by atoms with Gasteiger partial charge in [-0.1, -0.05) is 69.6 Å². The number of carbonyl (C=O) groups is 4. The average Bonchev–Trinajstić information content (AvgIpc) is 4.24. The zero-order valence-corrected chi connectivity index (χ0v) is 43.5. The highest BCUT2D eigenvalue weighted by Gasteiger charge is 2.15. The minimum Gasteiger partial charge on any atom is -0.441 e. The number of nitrogens with one attached hydrogen (secondary N) is 4. The number of thiophene rings is 2. The van der Waals surface area contributed by atoms with Gasteiger partial charge in [0.15, 0.2) is 26.2 Å². The van der Waals surface area contributed by atoms with Crippen molar-refractivity contribution in [3.8, 4) is 0 Å². The lowest BCUT2D eigenvalue weighted by molar-refractivity contribution is 0.0987. The summed E-state index contributed by atoms with van der Waals surface area (Å²) >= 11 is 8.64. The molecule has 4 N–H and O–H groups in total. The Morgan fingerprint density at radius 1 is 0.493 bits per heavy atom. The quantitative estimate of drug-likeness (QED) is 0.111. The summed E-state index contributed by atoms with van der Waals surface area (Å²) < 4.78 is 8.92. The number of pyridine rings is 4. The first-order valence-electron chi connectivity index (χ1n) is 21.6. The highest BCUT2D eigenvalue weighted by Crippen LogP contribution is 2.29. The first-order chi connectivity index (χ1) is 35.4. The molecule has 4 amide bonds. The second-order valence-electron chi connectivity index (χ2n) is 15.3. The van der Waals surface area contributed by atoms with Crippen LogP contribution >= 0.6 is 68.0 Å². The van der Waals surface area contributed by atoms with Crippen molar-refractivity contribution in [2.75, 3.05) is 21.3 Å². The van der Waals surface area contributed by atoms with Crippen molar-refractivity contribution in [3.05, 3.63) is 171 Å². The van der Waals surface area contributed by atoms with Gasteiger partial charge in [-0.25, -0.2) is 24.9 Å². The van der Waals surface area contributed by atoms with E-state index in [2.05, 4.69) is 66.1 Å². The molecule has 1 aromatic carbocycles. The molecule has 0 fully saturated rings. The molecule has 11 aromatic heterocycles. The minimum absolute atomic E-state index is 0.0172. The van der Waals surface area contributed by atoms with E-state index in [-0.39, 0.29) is 23.6 Å². The van der Waals surface area contributed by atoms with Crippen LogP contribution in [0, 0.1) is 27.7 Å². The van der Waals surface area contributed by atoms with Crippen molar-refractivity contribution < 1.29 is 23.6 Å². The Balaban J connectivity index is 0.000000120. The van der Waals surface area contributed by atoms with E-state index in [1.165, 1.54) is 80.5 Å². The van der Waals surface area contributed by atoms with Gasteiger partial charge in [0, 0.05) is 34.2 Å². The largest absolute Gasteiger partial charge is 0.441 e. The lowest BCUT2D eigenvalue weighted by atomic mass is 10.2. The fraction of sp³-hybridized carbons (Fsp3) is 0.0816. The number of anilines is 4. The molecule has 364 valence electrons. The van der Waals surface area contributed by atoms with Crippen LogP contribution in [-0.4, -0.2) is 68.5 Å². The molecule has 0 saturated heterocycles. The maximum Gasteiger partial charge on any atom is 0.313 e. The number of hydrogen-bond donors (Lipinski definition) is 4.